The van der Waals surface area contributed by atoms with Crippen molar-refractivity contribution in [3.05, 3.63) is 154 Å². The molecule has 16 nitrogen and oxygen atoms in total. The molecule has 5 aromatic carbocycles. The number of alkyl halides is 3. The first-order valence-electron chi connectivity index (χ1n) is 32.7. The predicted octanol–water partition coefficient (Wildman–Crippen LogP) is 12.1. The summed E-state index contributed by atoms with van der Waals surface area (Å²) in [6.07, 6.45) is 12.5. The number of carbonyl (C=O) groups excluding carboxylic acids is 4. The van der Waals surface area contributed by atoms with Crippen molar-refractivity contribution in [3.8, 4) is 11.8 Å². The predicted molar refractivity (Wildman–Crippen MR) is 364 cm³/mol. The Labute approximate surface area is 560 Å². The number of piperazine rings is 2. The number of anilines is 2. The monoisotopic (exact) mass is 1360 g/mol. The molecule has 0 aromatic heterocycles. The van der Waals surface area contributed by atoms with Crippen LogP contribution in [0.25, 0.3) is 5.57 Å². The number of hydrogen-bond acceptors (Lipinski definition) is 14. The van der Waals surface area contributed by atoms with Crippen LogP contribution >= 0.6 is 23.4 Å². The van der Waals surface area contributed by atoms with Crippen LogP contribution in [0.3, 0.4) is 0 Å². The van der Waals surface area contributed by atoms with E-state index in [9.17, 15) is 49.2 Å². The summed E-state index contributed by atoms with van der Waals surface area (Å²) in [6.45, 7) is 13.7. The third kappa shape index (κ3) is 18.2. The molecule has 3 saturated heterocycles. The largest absolute Gasteiger partial charge is 0.501 e. The van der Waals surface area contributed by atoms with Crippen LogP contribution < -0.4 is 20.3 Å². The van der Waals surface area contributed by atoms with Crippen LogP contribution in [-0.2, 0) is 36.0 Å². The van der Waals surface area contributed by atoms with Gasteiger partial charge in [-0.1, -0.05) is 111 Å². The van der Waals surface area contributed by atoms with Gasteiger partial charge in [0.05, 0.1) is 10.6 Å². The first-order chi connectivity index (χ1) is 45.0. The zero-order valence-corrected chi connectivity index (χ0v) is 56.7. The minimum Gasteiger partial charge on any atom is -0.380 e. The quantitative estimate of drug-likeness (QED) is 0.0205. The Morgan fingerprint density at radius 3 is 2.13 bits per heavy atom. The molecule has 0 saturated carbocycles. The standard InChI is InChI=1S/C71H84ClF3N8O8S3/c1-70(2)35-33-60(52-21-25-55(72)26-22-52)54(47-70)48-81-42-44-82(45-43-81)57-27-23-53(24-28-57)67(85)78-94(90,91)59-29-30-63(65(46-59)93(88,89)71(73,74)75)76-56(50-92-58-18-12-10-13-19-58)34-37-80-40-38-79(39-41-80)36-14-9-7-5-3-4-6-8-11-16-51-17-15-20-61-62(51)49-83(69(61)87)64-31-32-66(84)77-68(64)86/h10,12-13,15,17-30,46,56,64,76H,3-9,14,31-45,47-50H2,1-2H3,(H,78,85)(H,77,84,86)/t56-,64?/m1/s1. The minimum absolute atomic E-state index is 0.0101. The second kappa shape index (κ2) is 31.4. The molecule has 3 N–H and O–H groups in total. The fourth-order valence-corrected chi connectivity index (χ4v) is 16.3. The van der Waals surface area contributed by atoms with Crippen LogP contribution in [0.5, 0.6) is 0 Å². The molecule has 23 heteroatoms. The summed E-state index contributed by atoms with van der Waals surface area (Å²) >= 11 is 7.68. The number of unbranched alkanes of at least 4 members (excludes halogenated alkanes) is 7. The molecule has 3 fully saturated rings. The first-order valence-corrected chi connectivity index (χ1v) is 37.0. The number of amides is 4. The zero-order valence-electron chi connectivity index (χ0n) is 53.5. The molecule has 4 aliphatic heterocycles. The topological polar surface area (TPSA) is 189 Å². The molecule has 1 unspecified atom stereocenters. The van der Waals surface area contributed by atoms with E-state index in [4.69, 9.17) is 11.6 Å². The highest BCUT2D eigenvalue weighted by molar-refractivity contribution is 7.99. The van der Waals surface area contributed by atoms with E-state index in [0.717, 1.165) is 170 Å². The molecule has 10 rings (SSSR count). The van der Waals surface area contributed by atoms with Crippen molar-refractivity contribution in [1.29, 1.82) is 0 Å². The number of rotatable bonds is 26. The van der Waals surface area contributed by atoms with Crippen molar-refractivity contribution in [2.24, 2.45) is 5.41 Å². The number of thioether (sulfide) groups is 1. The Morgan fingerprint density at radius 2 is 1.44 bits per heavy atom. The molecule has 94 heavy (non-hydrogen) atoms. The Kier molecular flexibility index (Phi) is 23.4. The van der Waals surface area contributed by atoms with Crippen LogP contribution in [0, 0.1) is 17.3 Å². The number of sulfonamides is 1. The van der Waals surface area contributed by atoms with E-state index in [0.29, 0.717) is 48.3 Å². The Bertz CT molecular complexity index is 3850. The lowest BCUT2D eigenvalue weighted by atomic mass is 9.73. The number of allylic oxidation sites excluding steroid dienone is 1. The molecule has 502 valence electrons. The number of fused-ring (bicyclic) bond motifs is 1. The van der Waals surface area contributed by atoms with Gasteiger partial charge < -0.3 is 24.9 Å². The van der Waals surface area contributed by atoms with Gasteiger partial charge >= 0.3 is 5.51 Å². The molecule has 5 aliphatic rings. The van der Waals surface area contributed by atoms with Crippen LogP contribution in [0.4, 0.5) is 24.5 Å². The summed E-state index contributed by atoms with van der Waals surface area (Å²) in [5.74, 6) is 4.90. The first kappa shape index (κ1) is 70.1. The van der Waals surface area contributed by atoms with Gasteiger partial charge in [-0.25, -0.2) is 21.6 Å². The van der Waals surface area contributed by atoms with Gasteiger partial charge in [0.15, 0.2) is 0 Å². The van der Waals surface area contributed by atoms with E-state index < -0.39 is 64.7 Å². The normalized spacial score (nSPS) is 18.7. The average molecular weight is 1370 g/mol. The second-order valence-corrected chi connectivity index (χ2v) is 31.1. The number of halogens is 4. The molecule has 1 aliphatic carbocycles. The summed E-state index contributed by atoms with van der Waals surface area (Å²) in [5, 5.41) is 6.13. The van der Waals surface area contributed by atoms with E-state index >= 15 is 0 Å². The number of piperidine rings is 1. The smallest absolute Gasteiger partial charge is 0.380 e. The van der Waals surface area contributed by atoms with Crippen LogP contribution in [0.2, 0.25) is 5.02 Å². The van der Waals surface area contributed by atoms with Crippen LogP contribution in [0.1, 0.15) is 141 Å². The van der Waals surface area contributed by atoms with Crippen molar-refractivity contribution in [2.75, 3.05) is 88.0 Å². The number of carbonyl (C=O) groups is 4. The van der Waals surface area contributed by atoms with Crippen molar-refractivity contribution in [2.45, 2.75) is 143 Å². The van der Waals surface area contributed by atoms with Gasteiger partial charge in [-0.05, 0) is 152 Å². The lowest BCUT2D eigenvalue weighted by Crippen LogP contribution is -2.52. The molecule has 2 atom stereocenters. The molecule has 0 spiro atoms. The maximum absolute atomic E-state index is 14.5. The lowest BCUT2D eigenvalue weighted by Gasteiger charge is -2.39. The number of nitrogens with zero attached hydrogens (tertiary/aromatic N) is 5. The van der Waals surface area contributed by atoms with Gasteiger partial charge in [0.1, 0.15) is 10.9 Å². The summed E-state index contributed by atoms with van der Waals surface area (Å²) in [6, 6.07) is 30.7. The number of nitrogens with one attached hydrogen (secondary N) is 3. The summed E-state index contributed by atoms with van der Waals surface area (Å²) in [4.78, 5) is 60.7. The van der Waals surface area contributed by atoms with E-state index in [1.54, 1.807) is 23.1 Å². The van der Waals surface area contributed by atoms with Gasteiger partial charge in [-0.3, -0.25) is 29.4 Å². The molecular formula is C71H84ClF3N8O8S3. The number of sulfone groups is 1. The minimum atomic E-state index is -6.11. The Hall–Kier alpha value is -6.71. The maximum Gasteiger partial charge on any atom is 0.501 e. The second-order valence-electron chi connectivity index (χ2n) is 26.0. The van der Waals surface area contributed by atoms with Crippen molar-refractivity contribution in [1.82, 2.24) is 29.6 Å². The van der Waals surface area contributed by atoms with Crippen LogP contribution in [0.15, 0.2) is 136 Å². The van der Waals surface area contributed by atoms with Gasteiger partial charge in [-0.15, -0.1) is 11.8 Å². The van der Waals surface area contributed by atoms with E-state index in [1.165, 1.54) is 40.6 Å². The summed E-state index contributed by atoms with van der Waals surface area (Å²) < 4.78 is 99.9. The molecule has 4 amide bonds. The maximum atomic E-state index is 14.5. The number of imide groups is 1. The lowest BCUT2D eigenvalue weighted by molar-refractivity contribution is -0.136. The fraction of sp³-hybridized carbons (Fsp3) is 0.465. The average Bonchev–Trinajstić information content (AvgIpc) is 1.21. The summed E-state index contributed by atoms with van der Waals surface area (Å²) in [7, 11) is -11.0. The molecule has 0 radical (unpaired) electrons. The van der Waals surface area contributed by atoms with Gasteiger partial charge in [0.2, 0.25) is 11.8 Å². The highest BCUT2D eigenvalue weighted by Crippen LogP contribution is 2.43. The van der Waals surface area contributed by atoms with E-state index in [1.807, 2.05) is 59.3 Å². The van der Waals surface area contributed by atoms with Crippen molar-refractivity contribution >= 4 is 83.8 Å². The highest BCUT2D eigenvalue weighted by atomic mass is 35.5. The van der Waals surface area contributed by atoms with Crippen molar-refractivity contribution in [3.63, 3.8) is 0 Å². The SMILES string of the molecule is CC1(C)CCC(c2ccc(Cl)cc2)=C(CN2CCN(c3ccc(C(=O)NS(=O)(=O)c4ccc(N[C@H](CCN5CCN(CCCCCCCCCC#Cc6cccc7c6CN(C6CCC(=O)NC6=O)C7=O)CC5)CSc5ccccc5)c(S(=O)(=O)C(F)(F)F)c4)cc3)CC2)C1. The molecule has 0 bridgehead atoms. The van der Waals surface area contributed by atoms with Crippen molar-refractivity contribution < 1.29 is 49.2 Å². The van der Waals surface area contributed by atoms with E-state index in [2.05, 4.69) is 68.1 Å². The van der Waals surface area contributed by atoms with Gasteiger partial charge in [-0.2, -0.15) is 13.2 Å². The zero-order chi connectivity index (χ0) is 66.6. The summed E-state index contributed by atoms with van der Waals surface area (Å²) in [5.41, 5.74) is 1.08. The molecule has 4 heterocycles. The number of hydrogen-bond donors (Lipinski definition) is 3. The number of benzene rings is 5. The van der Waals surface area contributed by atoms with Gasteiger partial charge in [0.25, 0.3) is 31.7 Å². The molecular weight excluding hydrogens is 1280 g/mol. The fourth-order valence-electron chi connectivity index (χ4n) is 13.2. The highest BCUT2D eigenvalue weighted by Gasteiger charge is 2.49. The molecule has 5 aromatic rings. The third-order valence-corrected chi connectivity index (χ3v) is 22.9. The van der Waals surface area contributed by atoms with Crippen LogP contribution in [-0.4, -0.2) is 155 Å². The Balaban J connectivity index is 0.675. The third-order valence-electron chi connectivity index (χ3n) is 18.6. The van der Waals surface area contributed by atoms with E-state index in [-0.39, 0.29) is 29.2 Å². The Morgan fingerprint density at radius 1 is 0.766 bits per heavy atom. The van der Waals surface area contributed by atoms with Gasteiger partial charge in [0, 0.05) is 129 Å².